The maximum atomic E-state index is 11.8. The first-order valence-corrected chi connectivity index (χ1v) is 7.93. The molecule has 1 aromatic carbocycles. The highest BCUT2D eigenvalue weighted by Crippen LogP contribution is 2.19. The van der Waals surface area contributed by atoms with Crippen molar-refractivity contribution in [3.05, 3.63) is 28.8 Å². The predicted molar refractivity (Wildman–Crippen MR) is 85.3 cm³/mol. The van der Waals surface area contributed by atoms with Crippen LogP contribution in [0.5, 0.6) is 0 Å². The van der Waals surface area contributed by atoms with Gasteiger partial charge in [0.1, 0.15) is 0 Å². The molecule has 19 heavy (non-hydrogen) atoms. The van der Waals surface area contributed by atoms with Gasteiger partial charge in [-0.25, -0.2) is 0 Å². The zero-order valence-electron chi connectivity index (χ0n) is 11.6. The van der Waals surface area contributed by atoms with E-state index in [0.29, 0.717) is 17.6 Å². The molecule has 1 atom stereocenters. The second-order valence-corrected chi connectivity index (χ2v) is 6.20. The number of benzene rings is 1. The molecule has 0 spiro atoms. The van der Waals surface area contributed by atoms with E-state index in [1.54, 1.807) is 6.07 Å². The van der Waals surface area contributed by atoms with Gasteiger partial charge in [-0.15, -0.1) is 0 Å². The fraction of sp³-hybridized carbons (Fsp3) is 0.500. The Morgan fingerprint density at radius 3 is 2.89 bits per heavy atom. The molecule has 106 valence electrons. The Morgan fingerprint density at radius 2 is 2.21 bits per heavy atom. The molecule has 0 fully saturated rings. The first kappa shape index (κ1) is 16.3. The van der Waals surface area contributed by atoms with Crippen molar-refractivity contribution in [3.63, 3.8) is 0 Å². The van der Waals surface area contributed by atoms with E-state index in [2.05, 4.69) is 24.5 Å². The van der Waals surface area contributed by atoms with Crippen LogP contribution in [0.2, 0.25) is 5.02 Å². The van der Waals surface area contributed by atoms with Crippen molar-refractivity contribution in [2.24, 2.45) is 0 Å². The molecular weight excluding hydrogens is 280 g/mol. The highest BCUT2D eigenvalue weighted by atomic mass is 35.5. The Morgan fingerprint density at radius 1 is 1.47 bits per heavy atom. The van der Waals surface area contributed by atoms with Crippen LogP contribution in [-0.4, -0.2) is 30.0 Å². The summed E-state index contributed by atoms with van der Waals surface area (Å²) in [6, 6.07) is 5.81. The Labute approximate surface area is 124 Å². The van der Waals surface area contributed by atoms with Gasteiger partial charge >= 0.3 is 0 Å². The molecule has 0 aliphatic rings. The predicted octanol–water partition coefficient (Wildman–Crippen LogP) is 3.32. The average Bonchev–Trinajstić information content (AvgIpc) is 2.38. The summed E-state index contributed by atoms with van der Waals surface area (Å²) in [4.78, 5) is 11.8. The van der Waals surface area contributed by atoms with E-state index in [-0.39, 0.29) is 5.91 Å². The van der Waals surface area contributed by atoms with Crippen molar-refractivity contribution in [1.29, 1.82) is 0 Å². The molecule has 0 aliphatic heterocycles. The molecule has 1 aromatic rings. The Hall–Kier alpha value is -0.710. The number of halogens is 1. The molecule has 1 amide bonds. The lowest BCUT2D eigenvalue weighted by Crippen LogP contribution is -2.35. The van der Waals surface area contributed by atoms with Crippen LogP contribution in [0.15, 0.2) is 18.2 Å². The molecule has 3 nitrogen and oxygen atoms in total. The van der Waals surface area contributed by atoms with Crippen LogP contribution >= 0.6 is 23.4 Å². The third-order valence-electron chi connectivity index (χ3n) is 2.66. The minimum Gasteiger partial charge on any atom is -0.325 e. The molecule has 0 aliphatic carbocycles. The maximum Gasteiger partial charge on any atom is 0.238 e. The summed E-state index contributed by atoms with van der Waals surface area (Å²) in [7, 11) is 0. The summed E-state index contributed by atoms with van der Waals surface area (Å²) in [6.07, 6.45) is 0. The van der Waals surface area contributed by atoms with Crippen LogP contribution in [-0.2, 0) is 4.79 Å². The number of carbonyl (C=O) groups excluding carboxylic acids is 1. The topological polar surface area (TPSA) is 41.1 Å². The Bertz CT molecular complexity index is 426. The fourth-order valence-corrected chi connectivity index (χ4v) is 2.42. The van der Waals surface area contributed by atoms with E-state index in [1.165, 1.54) is 0 Å². The van der Waals surface area contributed by atoms with Gasteiger partial charge in [0.2, 0.25) is 5.91 Å². The van der Waals surface area contributed by atoms with Gasteiger partial charge in [0, 0.05) is 22.5 Å². The smallest absolute Gasteiger partial charge is 0.238 e. The standard InChI is InChI=1S/C14H21ClN2OS/c1-4-19-9-11(3)16-8-14(18)17-13-7-12(15)6-5-10(13)2/h5-7,11,16H,4,8-9H2,1-3H3,(H,17,18). The van der Waals surface area contributed by atoms with Gasteiger partial charge < -0.3 is 10.6 Å². The molecule has 1 unspecified atom stereocenters. The van der Waals surface area contributed by atoms with Crippen LogP contribution in [0.3, 0.4) is 0 Å². The maximum absolute atomic E-state index is 11.8. The minimum atomic E-state index is -0.0429. The molecule has 5 heteroatoms. The summed E-state index contributed by atoms with van der Waals surface area (Å²) in [5.74, 6) is 2.07. The van der Waals surface area contributed by atoms with Gasteiger partial charge in [-0.3, -0.25) is 4.79 Å². The highest BCUT2D eigenvalue weighted by Gasteiger charge is 2.07. The molecular formula is C14H21ClN2OS. The summed E-state index contributed by atoms with van der Waals surface area (Å²) in [5.41, 5.74) is 1.78. The molecule has 0 radical (unpaired) electrons. The number of nitrogens with one attached hydrogen (secondary N) is 2. The summed E-state index contributed by atoms with van der Waals surface area (Å²) in [5, 5.41) is 6.70. The molecule has 0 aromatic heterocycles. The van der Waals surface area contributed by atoms with E-state index in [9.17, 15) is 4.79 Å². The van der Waals surface area contributed by atoms with Crippen molar-refractivity contribution in [1.82, 2.24) is 5.32 Å². The zero-order valence-corrected chi connectivity index (χ0v) is 13.2. The van der Waals surface area contributed by atoms with E-state index in [1.807, 2.05) is 30.8 Å². The molecule has 1 rings (SSSR count). The first-order valence-electron chi connectivity index (χ1n) is 6.40. The van der Waals surface area contributed by atoms with Gasteiger partial charge in [-0.05, 0) is 37.3 Å². The summed E-state index contributed by atoms with van der Waals surface area (Å²) >= 11 is 7.78. The van der Waals surface area contributed by atoms with Gasteiger partial charge in [0.25, 0.3) is 0 Å². The zero-order chi connectivity index (χ0) is 14.3. The lowest BCUT2D eigenvalue weighted by Gasteiger charge is -2.13. The van der Waals surface area contributed by atoms with Crippen LogP contribution in [0.1, 0.15) is 19.4 Å². The van der Waals surface area contributed by atoms with Crippen LogP contribution in [0.4, 0.5) is 5.69 Å². The molecule has 2 N–H and O–H groups in total. The van der Waals surface area contributed by atoms with Gasteiger partial charge in [0.05, 0.1) is 6.54 Å². The number of rotatable bonds is 7. The van der Waals surface area contributed by atoms with Gasteiger partial charge in [-0.2, -0.15) is 11.8 Å². The number of hydrogen-bond donors (Lipinski definition) is 2. The number of carbonyl (C=O) groups is 1. The monoisotopic (exact) mass is 300 g/mol. The van der Waals surface area contributed by atoms with Crippen LogP contribution in [0.25, 0.3) is 0 Å². The van der Waals surface area contributed by atoms with Crippen molar-refractivity contribution >= 4 is 35.0 Å². The van der Waals surface area contributed by atoms with Crippen molar-refractivity contribution in [3.8, 4) is 0 Å². The normalized spacial score (nSPS) is 12.2. The van der Waals surface area contributed by atoms with E-state index < -0.39 is 0 Å². The third-order valence-corrected chi connectivity index (χ3v) is 4.04. The average molecular weight is 301 g/mol. The van der Waals surface area contributed by atoms with E-state index in [4.69, 9.17) is 11.6 Å². The van der Waals surface area contributed by atoms with Gasteiger partial charge in [0.15, 0.2) is 0 Å². The Kier molecular flexibility index (Phi) is 7.28. The summed E-state index contributed by atoms with van der Waals surface area (Å²) in [6.45, 7) is 6.48. The SMILES string of the molecule is CCSCC(C)NCC(=O)Nc1cc(Cl)ccc1C. The highest BCUT2D eigenvalue weighted by molar-refractivity contribution is 7.99. The number of hydrogen-bond acceptors (Lipinski definition) is 3. The lowest BCUT2D eigenvalue weighted by molar-refractivity contribution is -0.115. The minimum absolute atomic E-state index is 0.0429. The molecule has 0 heterocycles. The van der Waals surface area contributed by atoms with Crippen molar-refractivity contribution in [2.75, 3.05) is 23.4 Å². The Balaban J connectivity index is 2.40. The summed E-state index contributed by atoms with van der Waals surface area (Å²) < 4.78 is 0. The van der Waals surface area contributed by atoms with Crippen molar-refractivity contribution < 1.29 is 4.79 Å². The number of aryl methyl sites for hydroxylation is 1. The van der Waals surface area contributed by atoms with E-state index >= 15 is 0 Å². The largest absolute Gasteiger partial charge is 0.325 e. The van der Waals surface area contributed by atoms with Crippen LogP contribution in [0, 0.1) is 6.92 Å². The third kappa shape index (κ3) is 6.32. The molecule has 0 bridgehead atoms. The quantitative estimate of drug-likeness (QED) is 0.811. The second kappa shape index (κ2) is 8.46. The first-order chi connectivity index (χ1) is 9.02. The second-order valence-electron chi connectivity index (χ2n) is 4.45. The molecule has 0 saturated heterocycles. The molecule has 0 saturated carbocycles. The number of amides is 1. The number of anilines is 1. The lowest BCUT2D eigenvalue weighted by atomic mass is 10.2. The van der Waals surface area contributed by atoms with Crippen molar-refractivity contribution in [2.45, 2.75) is 26.8 Å². The van der Waals surface area contributed by atoms with Gasteiger partial charge in [-0.1, -0.05) is 24.6 Å². The fourth-order valence-electron chi connectivity index (χ4n) is 1.54. The van der Waals surface area contributed by atoms with E-state index in [0.717, 1.165) is 22.8 Å². The van der Waals surface area contributed by atoms with Crippen LogP contribution < -0.4 is 10.6 Å². The number of thioether (sulfide) groups is 1.